The van der Waals surface area contributed by atoms with E-state index in [2.05, 4.69) is 112 Å². The van der Waals surface area contributed by atoms with E-state index in [0.29, 0.717) is 19.3 Å². The first kappa shape index (κ1) is 65.3. The van der Waals surface area contributed by atoms with E-state index in [9.17, 15) is 14.4 Å². The molecule has 0 amide bonds. The van der Waals surface area contributed by atoms with E-state index in [1.165, 1.54) is 128 Å². The summed E-state index contributed by atoms with van der Waals surface area (Å²) in [6.45, 7) is 6.44. The van der Waals surface area contributed by atoms with Gasteiger partial charge in [0.1, 0.15) is 13.2 Å². The summed E-state index contributed by atoms with van der Waals surface area (Å²) in [5.41, 5.74) is 0. The Bertz CT molecular complexity index is 1380. The lowest BCUT2D eigenvalue weighted by atomic mass is 10.1. The third-order valence-corrected chi connectivity index (χ3v) is 12.1. The molecule has 0 spiro atoms. The molecule has 0 saturated carbocycles. The largest absolute Gasteiger partial charge is 0.462 e. The molecule has 0 aliphatic heterocycles. The summed E-state index contributed by atoms with van der Waals surface area (Å²) in [4.78, 5) is 38.1. The highest BCUT2D eigenvalue weighted by Crippen LogP contribution is 2.14. The van der Waals surface area contributed by atoms with Gasteiger partial charge in [0.2, 0.25) is 0 Å². The summed E-state index contributed by atoms with van der Waals surface area (Å²) in [7, 11) is 0. The standard InChI is InChI=1S/C63H106O6/c1-4-7-10-13-16-19-22-25-27-29-30-31-32-34-35-38-41-44-47-50-53-56-62(65)68-59-60(58-67-61(64)55-52-49-46-43-40-37-24-21-18-15-12-9-6-3)69-63(66)57-54-51-48-45-42-39-36-33-28-26-23-20-17-14-11-8-5-2/h9,12,18,21-22,25-26,28-30,32,34,37,40,46,49,60H,4-8,10-11,13-17,19-20,23-24,27,31,33,35-36,38-39,41-45,47-48,50-59H2,1-3H3/b12-9-,21-18-,25-22-,28-26-,30-29-,34-32-,40-37-,49-46-. The minimum Gasteiger partial charge on any atom is -0.462 e. The molecular formula is C63H106O6. The Morgan fingerprint density at radius 3 is 0.986 bits per heavy atom. The van der Waals surface area contributed by atoms with Crippen LogP contribution in [0.1, 0.15) is 265 Å². The molecule has 0 aromatic carbocycles. The van der Waals surface area contributed by atoms with Gasteiger partial charge in [-0.15, -0.1) is 0 Å². The number of allylic oxidation sites excluding steroid dienone is 16. The van der Waals surface area contributed by atoms with Crippen molar-refractivity contribution in [1.82, 2.24) is 0 Å². The van der Waals surface area contributed by atoms with Gasteiger partial charge in [-0.25, -0.2) is 0 Å². The van der Waals surface area contributed by atoms with Crippen molar-refractivity contribution in [2.75, 3.05) is 13.2 Å². The zero-order valence-corrected chi connectivity index (χ0v) is 45.0. The summed E-state index contributed by atoms with van der Waals surface area (Å²) in [6.07, 6.45) is 75.5. The first-order chi connectivity index (χ1) is 34.0. The molecule has 0 heterocycles. The van der Waals surface area contributed by atoms with Gasteiger partial charge in [0.25, 0.3) is 0 Å². The third-order valence-electron chi connectivity index (χ3n) is 12.1. The predicted octanol–water partition coefficient (Wildman–Crippen LogP) is 19.3. The molecule has 69 heavy (non-hydrogen) atoms. The van der Waals surface area contributed by atoms with Crippen molar-refractivity contribution in [1.29, 1.82) is 0 Å². The van der Waals surface area contributed by atoms with Crippen LogP contribution in [-0.4, -0.2) is 37.2 Å². The van der Waals surface area contributed by atoms with E-state index in [0.717, 1.165) is 89.9 Å². The summed E-state index contributed by atoms with van der Waals surface area (Å²) in [5, 5.41) is 0. The van der Waals surface area contributed by atoms with Crippen LogP contribution in [0.15, 0.2) is 97.2 Å². The van der Waals surface area contributed by atoms with Crippen molar-refractivity contribution in [2.45, 2.75) is 271 Å². The van der Waals surface area contributed by atoms with Gasteiger partial charge in [-0.2, -0.15) is 0 Å². The van der Waals surface area contributed by atoms with E-state index in [4.69, 9.17) is 14.2 Å². The summed E-state index contributed by atoms with van der Waals surface area (Å²) < 4.78 is 16.8. The van der Waals surface area contributed by atoms with Crippen molar-refractivity contribution >= 4 is 17.9 Å². The van der Waals surface area contributed by atoms with E-state index in [-0.39, 0.29) is 37.5 Å². The average Bonchev–Trinajstić information content (AvgIpc) is 3.35. The number of carbonyl (C=O) groups excluding carboxylic acids is 3. The first-order valence-corrected chi connectivity index (χ1v) is 28.7. The molecule has 0 aromatic rings. The van der Waals surface area contributed by atoms with Crippen molar-refractivity contribution in [3.63, 3.8) is 0 Å². The Labute approximate surface area is 426 Å². The van der Waals surface area contributed by atoms with Crippen molar-refractivity contribution < 1.29 is 28.6 Å². The number of hydrogen-bond acceptors (Lipinski definition) is 6. The molecule has 0 aliphatic carbocycles. The maximum atomic E-state index is 12.8. The van der Waals surface area contributed by atoms with Crippen LogP contribution in [0.5, 0.6) is 0 Å². The minimum absolute atomic E-state index is 0.109. The SMILES string of the molecule is CC/C=C\C/C=C\C/C=C\C/C=C\CCC(=O)OCC(COC(=O)CCCCCCCC/C=C\C/C=C\C/C=C\CCCCCCC)OC(=O)CCCCCCCCC/C=C\CCCCCCCC. The lowest BCUT2D eigenvalue weighted by Crippen LogP contribution is -2.30. The monoisotopic (exact) mass is 959 g/mol. The van der Waals surface area contributed by atoms with Gasteiger partial charge in [-0.05, 0) is 109 Å². The summed E-state index contributed by atoms with van der Waals surface area (Å²) >= 11 is 0. The highest BCUT2D eigenvalue weighted by atomic mass is 16.6. The molecule has 0 N–H and O–H groups in total. The lowest BCUT2D eigenvalue weighted by molar-refractivity contribution is -0.166. The van der Waals surface area contributed by atoms with Crippen LogP contribution >= 0.6 is 0 Å². The molecule has 1 unspecified atom stereocenters. The molecule has 1 atom stereocenters. The van der Waals surface area contributed by atoms with Crippen molar-refractivity contribution in [3.8, 4) is 0 Å². The fourth-order valence-electron chi connectivity index (χ4n) is 7.75. The third kappa shape index (κ3) is 55.1. The van der Waals surface area contributed by atoms with Crippen LogP contribution in [0.25, 0.3) is 0 Å². The van der Waals surface area contributed by atoms with E-state index in [1.54, 1.807) is 0 Å². The maximum Gasteiger partial charge on any atom is 0.306 e. The second kappa shape index (κ2) is 56.9. The lowest BCUT2D eigenvalue weighted by Gasteiger charge is -2.18. The highest BCUT2D eigenvalue weighted by molar-refractivity contribution is 5.71. The second-order valence-corrected chi connectivity index (χ2v) is 18.8. The fourth-order valence-corrected chi connectivity index (χ4v) is 7.75. The quantitative estimate of drug-likeness (QED) is 0.0262. The molecule has 394 valence electrons. The average molecular weight is 960 g/mol. The number of unbranched alkanes of at least 4 members (excludes halogenated alkanes) is 24. The molecule has 0 bridgehead atoms. The van der Waals surface area contributed by atoms with E-state index < -0.39 is 6.10 Å². The zero-order chi connectivity index (χ0) is 50.0. The van der Waals surface area contributed by atoms with Gasteiger partial charge >= 0.3 is 17.9 Å². The number of ether oxygens (including phenoxy) is 3. The number of carbonyl (C=O) groups is 3. The second-order valence-electron chi connectivity index (χ2n) is 18.8. The first-order valence-electron chi connectivity index (χ1n) is 28.7. The molecule has 0 radical (unpaired) electrons. The van der Waals surface area contributed by atoms with Crippen LogP contribution in [0, 0.1) is 0 Å². The van der Waals surface area contributed by atoms with Gasteiger partial charge < -0.3 is 14.2 Å². The Morgan fingerprint density at radius 1 is 0.304 bits per heavy atom. The molecular weight excluding hydrogens is 853 g/mol. The number of esters is 3. The highest BCUT2D eigenvalue weighted by Gasteiger charge is 2.19. The maximum absolute atomic E-state index is 12.8. The van der Waals surface area contributed by atoms with Crippen LogP contribution < -0.4 is 0 Å². The van der Waals surface area contributed by atoms with Gasteiger partial charge in [0, 0.05) is 19.3 Å². The summed E-state index contributed by atoms with van der Waals surface area (Å²) in [6, 6.07) is 0. The number of hydrogen-bond donors (Lipinski definition) is 0. The number of rotatable bonds is 51. The molecule has 6 heteroatoms. The summed E-state index contributed by atoms with van der Waals surface area (Å²) in [5.74, 6) is -1.01. The normalized spacial score (nSPS) is 12.8. The van der Waals surface area contributed by atoms with Gasteiger partial charge in [0.05, 0.1) is 0 Å². The fraction of sp³-hybridized carbons (Fsp3) is 0.698. The van der Waals surface area contributed by atoms with Crippen LogP contribution in [0.4, 0.5) is 0 Å². The zero-order valence-electron chi connectivity index (χ0n) is 45.0. The molecule has 0 rings (SSSR count). The molecule has 6 nitrogen and oxygen atoms in total. The Balaban J connectivity index is 4.45. The van der Waals surface area contributed by atoms with Gasteiger partial charge in [-0.1, -0.05) is 234 Å². The van der Waals surface area contributed by atoms with Gasteiger partial charge in [-0.3, -0.25) is 14.4 Å². The molecule has 0 saturated heterocycles. The van der Waals surface area contributed by atoms with Crippen LogP contribution in [0.2, 0.25) is 0 Å². The van der Waals surface area contributed by atoms with Crippen molar-refractivity contribution in [2.24, 2.45) is 0 Å². The Morgan fingerprint density at radius 2 is 0.594 bits per heavy atom. The Kier molecular flexibility index (Phi) is 53.9. The molecule has 0 aliphatic rings. The van der Waals surface area contributed by atoms with Crippen LogP contribution in [0.3, 0.4) is 0 Å². The minimum atomic E-state index is -0.815. The predicted molar refractivity (Wildman–Crippen MR) is 297 cm³/mol. The van der Waals surface area contributed by atoms with E-state index in [1.807, 2.05) is 6.08 Å². The van der Waals surface area contributed by atoms with Gasteiger partial charge in [0.15, 0.2) is 6.10 Å². The Hall–Kier alpha value is -3.67. The van der Waals surface area contributed by atoms with Crippen LogP contribution in [-0.2, 0) is 28.6 Å². The smallest absolute Gasteiger partial charge is 0.306 e. The molecule has 0 fully saturated rings. The molecule has 0 aromatic heterocycles. The topological polar surface area (TPSA) is 78.9 Å². The van der Waals surface area contributed by atoms with E-state index >= 15 is 0 Å². The van der Waals surface area contributed by atoms with Crippen molar-refractivity contribution in [3.05, 3.63) is 97.2 Å².